The van der Waals surface area contributed by atoms with Gasteiger partial charge >= 0.3 is 0 Å². The zero-order chi connectivity index (χ0) is 16.9. The van der Waals surface area contributed by atoms with Crippen molar-refractivity contribution in [2.75, 3.05) is 27.2 Å². The first-order valence-corrected chi connectivity index (χ1v) is 8.65. The molecule has 0 unspecified atom stereocenters. The Balaban J connectivity index is 1.70. The summed E-state index contributed by atoms with van der Waals surface area (Å²) >= 11 is 0. The molecule has 1 fully saturated rings. The number of hydrogen-bond donors (Lipinski definition) is 0. The Morgan fingerprint density at radius 2 is 2.08 bits per heavy atom. The van der Waals surface area contributed by atoms with E-state index in [4.69, 9.17) is 4.42 Å². The Bertz CT molecular complexity index is 642. The van der Waals surface area contributed by atoms with Gasteiger partial charge in [-0.1, -0.05) is 12.8 Å². The van der Waals surface area contributed by atoms with E-state index in [0.717, 1.165) is 31.7 Å². The SMILES string of the molecule is CN(C)CCN(C(=O)c1ccc(Cn2cccn2)o1)C1CCCC1. The molecule has 6 nitrogen and oxygen atoms in total. The molecule has 0 radical (unpaired) electrons. The van der Waals surface area contributed by atoms with Gasteiger partial charge in [-0.05, 0) is 45.1 Å². The lowest BCUT2D eigenvalue weighted by Gasteiger charge is -2.29. The van der Waals surface area contributed by atoms with E-state index in [1.165, 1.54) is 12.8 Å². The fourth-order valence-corrected chi connectivity index (χ4v) is 3.25. The topological polar surface area (TPSA) is 54.5 Å². The van der Waals surface area contributed by atoms with Gasteiger partial charge in [-0.2, -0.15) is 5.10 Å². The first kappa shape index (κ1) is 16.8. The minimum absolute atomic E-state index is 0.00969. The summed E-state index contributed by atoms with van der Waals surface area (Å²) < 4.78 is 7.59. The van der Waals surface area contributed by atoms with Crippen LogP contribution >= 0.6 is 0 Å². The summed E-state index contributed by atoms with van der Waals surface area (Å²) in [5, 5.41) is 4.17. The number of carbonyl (C=O) groups is 1. The van der Waals surface area contributed by atoms with E-state index in [0.29, 0.717) is 18.3 Å². The van der Waals surface area contributed by atoms with Crippen LogP contribution in [0.2, 0.25) is 0 Å². The van der Waals surface area contributed by atoms with Crippen molar-refractivity contribution in [2.24, 2.45) is 0 Å². The lowest BCUT2D eigenvalue weighted by Crippen LogP contribution is -2.42. The van der Waals surface area contributed by atoms with E-state index in [9.17, 15) is 4.79 Å². The van der Waals surface area contributed by atoms with Crippen molar-refractivity contribution in [3.8, 4) is 0 Å². The number of rotatable bonds is 7. The number of nitrogens with zero attached hydrogens (tertiary/aromatic N) is 4. The lowest BCUT2D eigenvalue weighted by molar-refractivity contribution is 0.0633. The molecule has 0 atom stereocenters. The molecule has 2 heterocycles. The normalized spacial score (nSPS) is 15.3. The van der Waals surface area contributed by atoms with E-state index in [2.05, 4.69) is 10.00 Å². The van der Waals surface area contributed by atoms with Crippen molar-refractivity contribution >= 4 is 5.91 Å². The Morgan fingerprint density at radius 3 is 2.75 bits per heavy atom. The molecule has 0 spiro atoms. The summed E-state index contributed by atoms with van der Waals surface area (Å²) in [5.41, 5.74) is 0. The number of likely N-dealkylation sites (N-methyl/N-ethyl adjacent to an activating group) is 1. The van der Waals surface area contributed by atoms with Crippen LogP contribution in [-0.2, 0) is 6.54 Å². The molecule has 1 saturated carbocycles. The molecule has 0 N–H and O–H groups in total. The van der Waals surface area contributed by atoms with Gasteiger partial charge in [0.15, 0.2) is 5.76 Å². The quantitative estimate of drug-likeness (QED) is 0.782. The molecule has 1 amide bonds. The van der Waals surface area contributed by atoms with E-state index < -0.39 is 0 Å². The second kappa shape index (κ2) is 7.66. The van der Waals surface area contributed by atoms with Crippen LogP contribution in [0.1, 0.15) is 42.0 Å². The highest BCUT2D eigenvalue weighted by Crippen LogP contribution is 2.25. The number of hydrogen-bond acceptors (Lipinski definition) is 4. The Hall–Kier alpha value is -2.08. The van der Waals surface area contributed by atoms with Gasteiger partial charge < -0.3 is 14.2 Å². The van der Waals surface area contributed by atoms with Gasteiger partial charge in [0.05, 0.1) is 6.54 Å². The summed E-state index contributed by atoms with van der Waals surface area (Å²) in [5.74, 6) is 1.19. The summed E-state index contributed by atoms with van der Waals surface area (Å²) in [4.78, 5) is 17.1. The minimum Gasteiger partial charge on any atom is -0.454 e. The van der Waals surface area contributed by atoms with Gasteiger partial charge in [0.25, 0.3) is 5.91 Å². The standard InChI is InChI=1S/C18H26N4O2/c1-20(2)12-13-22(15-6-3-4-7-15)18(23)17-9-8-16(24-17)14-21-11-5-10-19-21/h5,8-11,15H,3-4,6-7,12-14H2,1-2H3. The molecule has 1 aliphatic carbocycles. The molecule has 130 valence electrons. The van der Waals surface area contributed by atoms with Crippen molar-refractivity contribution in [1.29, 1.82) is 0 Å². The third-order valence-corrected chi connectivity index (χ3v) is 4.56. The molecular formula is C18H26N4O2. The lowest BCUT2D eigenvalue weighted by atomic mass is 10.2. The molecule has 1 aliphatic rings. The van der Waals surface area contributed by atoms with Gasteiger partial charge in [0.2, 0.25) is 0 Å². The monoisotopic (exact) mass is 330 g/mol. The van der Waals surface area contributed by atoms with Crippen LogP contribution in [0.25, 0.3) is 0 Å². The van der Waals surface area contributed by atoms with Crippen molar-refractivity contribution in [2.45, 2.75) is 38.3 Å². The number of aromatic nitrogens is 2. The molecule has 2 aromatic heterocycles. The molecule has 0 saturated heterocycles. The van der Waals surface area contributed by atoms with Crippen LogP contribution < -0.4 is 0 Å². The van der Waals surface area contributed by atoms with Crippen LogP contribution in [-0.4, -0.2) is 58.7 Å². The molecule has 0 aliphatic heterocycles. The molecule has 3 rings (SSSR count). The highest BCUT2D eigenvalue weighted by atomic mass is 16.4. The number of amides is 1. The Kier molecular flexibility index (Phi) is 5.35. The van der Waals surface area contributed by atoms with E-state index >= 15 is 0 Å². The zero-order valence-electron chi connectivity index (χ0n) is 14.5. The fraction of sp³-hybridized carbons (Fsp3) is 0.556. The van der Waals surface area contributed by atoms with Gasteiger partial charge in [-0.3, -0.25) is 9.48 Å². The average molecular weight is 330 g/mol. The average Bonchev–Trinajstić information content (AvgIpc) is 3.30. The summed E-state index contributed by atoms with van der Waals surface area (Å²) in [6, 6.07) is 5.88. The summed E-state index contributed by atoms with van der Waals surface area (Å²) in [7, 11) is 4.07. The van der Waals surface area contributed by atoms with Crippen LogP contribution in [0.15, 0.2) is 35.0 Å². The third kappa shape index (κ3) is 4.06. The maximum Gasteiger partial charge on any atom is 0.289 e. The maximum atomic E-state index is 13.0. The van der Waals surface area contributed by atoms with Crippen molar-refractivity contribution in [1.82, 2.24) is 19.6 Å². The van der Waals surface area contributed by atoms with Gasteiger partial charge in [0, 0.05) is 31.5 Å². The molecule has 6 heteroatoms. The van der Waals surface area contributed by atoms with Crippen molar-refractivity contribution in [3.63, 3.8) is 0 Å². The highest BCUT2D eigenvalue weighted by molar-refractivity contribution is 5.91. The Labute approximate surface area is 143 Å². The summed E-state index contributed by atoms with van der Waals surface area (Å²) in [6.45, 7) is 2.15. The largest absolute Gasteiger partial charge is 0.454 e. The van der Waals surface area contributed by atoms with Gasteiger partial charge in [0.1, 0.15) is 5.76 Å². The minimum atomic E-state index is 0.00969. The third-order valence-electron chi connectivity index (χ3n) is 4.56. The van der Waals surface area contributed by atoms with E-state index in [-0.39, 0.29) is 5.91 Å². The molecule has 2 aromatic rings. The second-order valence-electron chi connectivity index (χ2n) is 6.71. The number of furan rings is 1. The van der Waals surface area contributed by atoms with Crippen LogP contribution in [0.4, 0.5) is 0 Å². The van der Waals surface area contributed by atoms with E-state index in [1.807, 2.05) is 37.3 Å². The summed E-state index contributed by atoms with van der Waals surface area (Å²) in [6.07, 6.45) is 8.22. The molecular weight excluding hydrogens is 304 g/mol. The molecule has 24 heavy (non-hydrogen) atoms. The van der Waals surface area contributed by atoms with E-state index in [1.54, 1.807) is 16.9 Å². The highest BCUT2D eigenvalue weighted by Gasteiger charge is 2.29. The van der Waals surface area contributed by atoms with Crippen molar-refractivity contribution in [3.05, 3.63) is 42.1 Å². The van der Waals surface area contributed by atoms with Crippen LogP contribution in [0.3, 0.4) is 0 Å². The van der Waals surface area contributed by atoms with Gasteiger partial charge in [-0.25, -0.2) is 0 Å². The van der Waals surface area contributed by atoms with Gasteiger partial charge in [-0.15, -0.1) is 0 Å². The number of carbonyl (C=O) groups excluding carboxylic acids is 1. The van der Waals surface area contributed by atoms with Crippen LogP contribution in [0.5, 0.6) is 0 Å². The van der Waals surface area contributed by atoms with Crippen molar-refractivity contribution < 1.29 is 9.21 Å². The van der Waals surface area contributed by atoms with Crippen LogP contribution in [0, 0.1) is 0 Å². The maximum absolute atomic E-state index is 13.0. The molecule has 0 aromatic carbocycles. The zero-order valence-corrected chi connectivity index (χ0v) is 14.5. The second-order valence-corrected chi connectivity index (χ2v) is 6.71. The first-order valence-electron chi connectivity index (χ1n) is 8.65. The molecule has 0 bridgehead atoms. The smallest absolute Gasteiger partial charge is 0.289 e. The predicted molar refractivity (Wildman–Crippen MR) is 91.9 cm³/mol. The fourth-order valence-electron chi connectivity index (χ4n) is 3.25. The predicted octanol–water partition coefficient (Wildman–Crippen LogP) is 2.47. The Morgan fingerprint density at radius 1 is 1.29 bits per heavy atom. The first-order chi connectivity index (χ1) is 11.6.